The first kappa shape index (κ1) is 20.8. The van der Waals surface area contributed by atoms with Crippen LogP contribution in [-0.4, -0.2) is 40.2 Å². The smallest absolute Gasteiger partial charge is 0.325 e. The standard InChI is InChI=1S/C21H28N4O4/c1-3-6-17(26)23-16-9-7-15(8-10-16)13-22-18(27)14(2)25-19(28)21(24-20(25)29)11-4-5-12-21/h7-10,14H,3-6,11-13H2,1-2H3,(H,22,27)(H,23,26)(H,24,29). The molecule has 3 rings (SSSR count). The van der Waals surface area contributed by atoms with Crippen molar-refractivity contribution < 1.29 is 19.2 Å². The quantitative estimate of drug-likeness (QED) is 0.610. The molecule has 1 aromatic rings. The average Bonchev–Trinajstić information content (AvgIpc) is 3.25. The number of rotatable bonds is 7. The van der Waals surface area contributed by atoms with Crippen molar-refractivity contribution in [2.45, 2.75) is 70.5 Å². The lowest BCUT2D eigenvalue weighted by molar-refractivity contribution is -0.137. The Labute approximate surface area is 170 Å². The van der Waals surface area contributed by atoms with Gasteiger partial charge in [0, 0.05) is 18.7 Å². The number of benzene rings is 1. The lowest BCUT2D eigenvalue weighted by atomic mass is 9.97. The summed E-state index contributed by atoms with van der Waals surface area (Å²) in [6.07, 6.45) is 4.31. The monoisotopic (exact) mass is 400 g/mol. The number of nitrogens with zero attached hydrogens (tertiary/aromatic N) is 1. The molecule has 1 saturated carbocycles. The van der Waals surface area contributed by atoms with Gasteiger partial charge in [0.1, 0.15) is 11.6 Å². The van der Waals surface area contributed by atoms with Crippen molar-refractivity contribution in [3.8, 4) is 0 Å². The number of imide groups is 1. The van der Waals surface area contributed by atoms with E-state index in [1.807, 2.05) is 19.1 Å². The molecule has 8 heteroatoms. The van der Waals surface area contributed by atoms with E-state index in [0.29, 0.717) is 24.9 Å². The molecule has 1 saturated heterocycles. The Balaban J connectivity index is 1.54. The summed E-state index contributed by atoms with van der Waals surface area (Å²) in [7, 11) is 0. The molecule has 5 amide bonds. The predicted octanol–water partition coefficient (Wildman–Crippen LogP) is 2.29. The maximum absolute atomic E-state index is 12.8. The number of amides is 5. The van der Waals surface area contributed by atoms with E-state index < -0.39 is 17.6 Å². The predicted molar refractivity (Wildman–Crippen MR) is 108 cm³/mol. The topological polar surface area (TPSA) is 108 Å². The number of carbonyl (C=O) groups is 4. The first-order valence-corrected chi connectivity index (χ1v) is 10.2. The highest BCUT2D eigenvalue weighted by Gasteiger charge is 2.54. The molecule has 0 aromatic heterocycles. The van der Waals surface area contributed by atoms with E-state index in [9.17, 15) is 19.2 Å². The number of hydrogen-bond acceptors (Lipinski definition) is 4. The summed E-state index contributed by atoms with van der Waals surface area (Å²) in [4.78, 5) is 50.3. The van der Waals surface area contributed by atoms with Gasteiger partial charge in [0.15, 0.2) is 0 Å². The van der Waals surface area contributed by atoms with Crippen molar-refractivity contribution in [2.24, 2.45) is 0 Å². The van der Waals surface area contributed by atoms with Crippen LogP contribution >= 0.6 is 0 Å². The maximum Gasteiger partial charge on any atom is 0.325 e. The average molecular weight is 400 g/mol. The number of hydrogen-bond donors (Lipinski definition) is 3. The van der Waals surface area contributed by atoms with Gasteiger partial charge in [0.05, 0.1) is 0 Å². The Hall–Kier alpha value is -2.90. The zero-order valence-corrected chi connectivity index (χ0v) is 16.9. The SMILES string of the molecule is CCCC(=O)Nc1ccc(CNC(=O)C(C)N2C(=O)NC3(CCCC3)C2=O)cc1. The third kappa shape index (κ3) is 4.41. The van der Waals surface area contributed by atoms with Gasteiger partial charge in [-0.05, 0) is 43.9 Å². The zero-order chi connectivity index (χ0) is 21.0. The van der Waals surface area contributed by atoms with Gasteiger partial charge in [0.25, 0.3) is 5.91 Å². The molecule has 8 nitrogen and oxygen atoms in total. The molecule has 29 heavy (non-hydrogen) atoms. The molecule has 1 aliphatic heterocycles. The van der Waals surface area contributed by atoms with Gasteiger partial charge in [-0.15, -0.1) is 0 Å². The molecule has 1 spiro atoms. The van der Waals surface area contributed by atoms with E-state index in [2.05, 4.69) is 16.0 Å². The fourth-order valence-electron chi connectivity index (χ4n) is 3.92. The minimum Gasteiger partial charge on any atom is -0.350 e. The van der Waals surface area contributed by atoms with E-state index in [1.165, 1.54) is 0 Å². The highest BCUT2D eigenvalue weighted by Crippen LogP contribution is 2.35. The van der Waals surface area contributed by atoms with Crippen molar-refractivity contribution in [1.82, 2.24) is 15.5 Å². The van der Waals surface area contributed by atoms with E-state index in [4.69, 9.17) is 0 Å². The van der Waals surface area contributed by atoms with Crippen LogP contribution in [0.25, 0.3) is 0 Å². The molecule has 1 heterocycles. The molecule has 3 N–H and O–H groups in total. The Morgan fingerprint density at radius 3 is 2.45 bits per heavy atom. The van der Waals surface area contributed by atoms with Gasteiger partial charge in [-0.25, -0.2) is 9.69 Å². The molecule has 1 atom stereocenters. The van der Waals surface area contributed by atoms with E-state index in [-0.39, 0.29) is 24.3 Å². The van der Waals surface area contributed by atoms with Crippen molar-refractivity contribution >= 4 is 29.4 Å². The normalized spacial score (nSPS) is 18.6. The van der Waals surface area contributed by atoms with Gasteiger partial charge in [0.2, 0.25) is 11.8 Å². The van der Waals surface area contributed by atoms with Gasteiger partial charge in [-0.1, -0.05) is 31.9 Å². The molecule has 0 radical (unpaired) electrons. The second-order valence-corrected chi connectivity index (χ2v) is 7.78. The van der Waals surface area contributed by atoms with Crippen LogP contribution in [0.15, 0.2) is 24.3 Å². The fraction of sp³-hybridized carbons (Fsp3) is 0.524. The molecular weight excluding hydrogens is 372 g/mol. The molecule has 1 aliphatic carbocycles. The van der Waals surface area contributed by atoms with Crippen LogP contribution in [0, 0.1) is 0 Å². The highest BCUT2D eigenvalue weighted by atomic mass is 16.2. The number of anilines is 1. The second kappa shape index (κ2) is 8.63. The highest BCUT2D eigenvalue weighted by molar-refractivity contribution is 6.09. The second-order valence-electron chi connectivity index (χ2n) is 7.78. The fourth-order valence-corrected chi connectivity index (χ4v) is 3.92. The molecular formula is C21H28N4O4. The third-order valence-corrected chi connectivity index (χ3v) is 5.60. The van der Waals surface area contributed by atoms with Gasteiger partial charge in [-0.3, -0.25) is 14.4 Å². The number of carbonyl (C=O) groups excluding carboxylic acids is 4. The molecule has 2 fully saturated rings. The Morgan fingerprint density at radius 2 is 1.83 bits per heavy atom. The summed E-state index contributed by atoms with van der Waals surface area (Å²) in [5.74, 6) is -0.713. The van der Waals surface area contributed by atoms with Crippen molar-refractivity contribution in [3.63, 3.8) is 0 Å². The first-order valence-electron chi connectivity index (χ1n) is 10.2. The van der Waals surface area contributed by atoms with Crippen molar-refractivity contribution in [3.05, 3.63) is 29.8 Å². The summed E-state index contributed by atoms with van der Waals surface area (Å²) >= 11 is 0. The summed E-state index contributed by atoms with van der Waals surface area (Å²) in [6, 6.07) is 5.81. The van der Waals surface area contributed by atoms with Gasteiger partial charge >= 0.3 is 6.03 Å². The van der Waals surface area contributed by atoms with Crippen LogP contribution in [0.1, 0.15) is 57.9 Å². The van der Waals surface area contributed by atoms with Crippen LogP contribution in [0.4, 0.5) is 10.5 Å². The lowest BCUT2D eigenvalue weighted by Gasteiger charge is -2.23. The van der Waals surface area contributed by atoms with E-state index in [0.717, 1.165) is 29.7 Å². The first-order chi connectivity index (χ1) is 13.9. The zero-order valence-electron chi connectivity index (χ0n) is 16.9. The minimum absolute atomic E-state index is 0.0315. The van der Waals surface area contributed by atoms with Crippen LogP contribution in [0.2, 0.25) is 0 Å². The third-order valence-electron chi connectivity index (χ3n) is 5.60. The summed E-state index contributed by atoms with van der Waals surface area (Å²) < 4.78 is 0. The molecule has 2 aliphatic rings. The van der Waals surface area contributed by atoms with Gasteiger partial charge in [-0.2, -0.15) is 0 Å². The summed E-state index contributed by atoms with van der Waals surface area (Å²) in [5, 5.41) is 8.38. The molecule has 1 aromatic carbocycles. The largest absolute Gasteiger partial charge is 0.350 e. The Morgan fingerprint density at radius 1 is 1.17 bits per heavy atom. The van der Waals surface area contributed by atoms with E-state index >= 15 is 0 Å². The van der Waals surface area contributed by atoms with Crippen LogP contribution < -0.4 is 16.0 Å². The minimum atomic E-state index is -0.880. The van der Waals surface area contributed by atoms with Gasteiger partial charge < -0.3 is 16.0 Å². The lowest BCUT2D eigenvalue weighted by Crippen LogP contribution is -2.49. The maximum atomic E-state index is 12.8. The molecule has 1 unspecified atom stereocenters. The number of urea groups is 1. The van der Waals surface area contributed by atoms with Crippen LogP contribution in [0.3, 0.4) is 0 Å². The van der Waals surface area contributed by atoms with Crippen molar-refractivity contribution in [1.29, 1.82) is 0 Å². The van der Waals surface area contributed by atoms with Crippen molar-refractivity contribution in [2.75, 3.05) is 5.32 Å². The van der Waals surface area contributed by atoms with Crippen LogP contribution in [0.5, 0.6) is 0 Å². The Bertz CT molecular complexity index is 799. The number of nitrogens with one attached hydrogen (secondary N) is 3. The van der Waals surface area contributed by atoms with E-state index in [1.54, 1.807) is 19.1 Å². The molecule has 0 bridgehead atoms. The van der Waals surface area contributed by atoms with Crippen LogP contribution in [-0.2, 0) is 20.9 Å². The Kier molecular flexibility index (Phi) is 6.20. The molecule has 156 valence electrons. The summed E-state index contributed by atoms with van der Waals surface area (Å²) in [5.41, 5.74) is 0.737. The summed E-state index contributed by atoms with van der Waals surface area (Å²) in [6.45, 7) is 3.77.